The van der Waals surface area contributed by atoms with Crippen LogP contribution in [0, 0.1) is 11.8 Å². The van der Waals surface area contributed by atoms with Gasteiger partial charge in [-0.3, -0.25) is 0 Å². The highest BCUT2D eigenvalue weighted by Gasteiger charge is 2.24. The second-order valence-corrected chi connectivity index (χ2v) is 6.52. The quantitative estimate of drug-likeness (QED) is 0.865. The van der Waals surface area contributed by atoms with Crippen LogP contribution in [0.15, 0.2) is 18.2 Å². The van der Waals surface area contributed by atoms with Crippen LogP contribution >= 0.6 is 0 Å². The highest BCUT2D eigenvalue weighted by Crippen LogP contribution is 2.34. The molecule has 0 aromatic heterocycles. The van der Waals surface area contributed by atoms with Crippen molar-refractivity contribution in [2.75, 3.05) is 6.54 Å². The SMILES string of the molecule is CC1CCC(CNC2CCCc3cc(O)ccc32)C1. The number of hydrogen-bond acceptors (Lipinski definition) is 2. The van der Waals surface area contributed by atoms with Gasteiger partial charge in [0.2, 0.25) is 0 Å². The Morgan fingerprint density at radius 2 is 2.16 bits per heavy atom. The van der Waals surface area contributed by atoms with Gasteiger partial charge in [0.15, 0.2) is 0 Å². The van der Waals surface area contributed by atoms with E-state index in [1.54, 1.807) is 0 Å². The number of fused-ring (bicyclic) bond motifs is 1. The summed E-state index contributed by atoms with van der Waals surface area (Å²) in [5.74, 6) is 2.20. The van der Waals surface area contributed by atoms with Gasteiger partial charge in [-0.05, 0) is 73.7 Å². The van der Waals surface area contributed by atoms with Gasteiger partial charge in [-0.15, -0.1) is 0 Å². The van der Waals surface area contributed by atoms with Crippen LogP contribution < -0.4 is 5.32 Å². The minimum absolute atomic E-state index is 0.406. The molecule has 0 saturated heterocycles. The van der Waals surface area contributed by atoms with E-state index < -0.39 is 0 Å². The number of benzene rings is 1. The molecule has 104 valence electrons. The Morgan fingerprint density at radius 3 is 2.95 bits per heavy atom. The maximum atomic E-state index is 9.59. The first-order chi connectivity index (χ1) is 9.22. The zero-order valence-electron chi connectivity index (χ0n) is 11.9. The van der Waals surface area contributed by atoms with Crippen LogP contribution in [-0.2, 0) is 6.42 Å². The number of aryl methyl sites for hydroxylation is 1. The van der Waals surface area contributed by atoms with E-state index in [1.165, 1.54) is 43.2 Å². The lowest BCUT2D eigenvalue weighted by Gasteiger charge is -2.28. The second-order valence-electron chi connectivity index (χ2n) is 6.52. The van der Waals surface area contributed by atoms with E-state index in [0.717, 1.165) is 24.8 Å². The van der Waals surface area contributed by atoms with Gasteiger partial charge < -0.3 is 10.4 Å². The molecule has 3 unspecified atom stereocenters. The van der Waals surface area contributed by atoms with E-state index in [-0.39, 0.29) is 0 Å². The average molecular weight is 259 g/mol. The van der Waals surface area contributed by atoms with Crippen molar-refractivity contribution < 1.29 is 5.11 Å². The summed E-state index contributed by atoms with van der Waals surface area (Å²) in [6, 6.07) is 6.39. The summed E-state index contributed by atoms with van der Waals surface area (Å²) in [5.41, 5.74) is 2.75. The fourth-order valence-corrected chi connectivity index (χ4v) is 3.83. The van der Waals surface area contributed by atoms with Gasteiger partial charge in [0.25, 0.3) is 0 Å². The van der Waals surface area contributed by atoms with Crippen molar-refractivity contribution in [2.45, 2.75) is 51.5 Å². The number of rotatable bonds is 3. The third-order valence-electron chi connectivity index (χ3n) is 4.90. The lowest BCUT2D eigenvalue weighted by atomic mass is 9.87. The normalized spacial score (nSPS) is 30.3. The maximum absolute atomic E-state index is 9.59. The van der Waals surface area contributed by atoms with Crippen molar-refractivity contribution in [3.8, 4) is 5.75 Å². The van der Waals surface area contributed by atoms with Crippen LogP contribution in [0.1, 0.15) is 56.2 Å². The molecule has 1 aromatic carbocycles. The van der Waals surface area contributed by atoms with E-state index >= 15 is 0 Å². The van der Waals surface area contributed by atoms with E-state index in [0.29, 0.717) is 11.8 Å². The van der Waals surface area contributed by atoms with Crippen LogP contribution in [0.4, 0.5) is 0 Å². The molecule has 1 fully saturated rings. The third kappa shape index (κ3) is 2.94. The lowest BCUT2D eigenvalue weighted by Crippen LogP contribution is -2.29. The summed E-state index contributed by atoms with van der Waals surface area (Å²) >= 11 is 0. The zero-order chi connectivity index (χ0) is 13.2. The van der Waals surface area contributed by atoms with Crippen molar-refractivity contribution in [3.05, 3.63) is 29.3 Å². The number of phenols is 1. The molecule has 3 atom stereocenters. The predicted molar refractivity (Wildman–Crippen MR) is 78.3 cm³/mol. The Labute approximate surface area is 116 Å². The van der Waals surface area contributed by atoms with Gasteiger partial charge in [-0.25, -0.2) is 0 Å². The molecule has 19 heavy (non-hydrogen) atoms. The fourth-order valence-electron chi connectivity index (χ4n) is 3.83. The Balaban J connectivity index is 1.63. The van der Waals surface area contributed by atoms with Crippen LogP contribution in [0.3, 0.4) is 0 Å². The van der Waals surface area contributed by atoms with Gasteiger partial charge in [0.1, 0.15) is 5.75 Å². The van der Waals surface area contributed by atoms with Crippen LogP contribution in [0.5, 0.6) is 5.75 Å². The monoisotopic (exact) mass is 259 g/mol. The van der Waals surface area contributed by atoms with Crippen LogP contribution in [-0.4, -0.2) is 11.7 Å². The second kappa shape index (κ2) is 5.54. The van der Waals surface area contributed by atoms with Gasteiger partial charge in [-0.1, -0.05) is 19.4 Å². The summed E-state index contributed by atoms with van der Waals surface area (Å²) in [5, 5.41) is 13.4. The zero-order valence-corrected chi connectivity index (χ0v) is 11.9. The first-order valence-electron chi connectivity index (χ1n) is 7.77. The van der Waals surface area contributed by atoms with E-state index in [4.69, 9.17) is 0 Å². The molecule has 2 heteroatoms. The number of hydrogen-bond donors (Lipinski definition) is 2. The molecule has 0 radical (unpaired) electrons. The Hall–Kier alpha value is -1.02. The highest BCUT2D eigenvalue weighted by molar-refractivity contribution is 5.38. The Bertz CT molecular complexity index is 443. The molecule has 0 heterocycles. The predicted octanol–water partition coefficient (Wildman–Crippen LogP) is 3.80. The van der Waals surface area contributed by atoms with Crippen molar-refractivity contribution >= 4 is 0 Å². The first kappa shape index (κ1) is 13.0. The summed E-state index contributed by atoms with van der Waals surface area (Å²) in [6.07, 6.45) is 7.77. The molecule has 0 bridgehead atoms. The topological polar surface area (TPSA) is 32.3 Å². The molecule has 1 saturated carbocycles. The number of nitrogens with one attached hydrogen (secondary N) is 1. The van der Waals surface area contributed by atoms with Gasteiger partial charge >= 0.3 is 0 Å². The van der Waals surface area contributed by atoms with Crippen LogP contribution in [0.25, 0.3) is 0 Å². The third-order valence-corrected chi connectivity index (χ3v) is 4.90. The van der Waals surface area contributed by atoms with E-state index in [9.17, 15) is 5.11 Å². The van der Waals surface area contributed by atoms with E-state index in [1.807, 2.05) is 12.1 Å². The number of phenolic OH excluding ortho intramolecular Hbond substituents is 1. The van der Waals surface area contributed by atoms with Gasteiger partial charge in [-0.2, -0.15) is 0 Å². The largest absolute Gasteiger partial charge is 0.508 e. The van der Waals surface area contributed by atoms with Crippen molar-refractivity contribution in [2.24, 2.45) is 11.8 Å². The molecular formula is C17H25NO. The fraction of sp³-hybridized carbons (Fsp3) is 0.647. The minimum atomic E-state index is 0.406. The van der Waals surface area contributed by atoms with Crippen LogP contribution in [0.2, 0.25) is 0 Å². The molecule has 0 amide bonds. The molecule has 2 N–H and O–H groups in total. The molecule has 2 nitrogen and oxygen atoms in total. The number of aromatic hydroxyl groups is 1. The smallest absolute Gasteiger partial charge is 0.115 e. The molecular weight excluding hydrogens is 234 g/mol. The Kier molecular flexibility index (Phi) is 3.79. The Morgan fingerprint density at radius 1 is 1.26 bits per heavy atom. The van der Waals surface area contributed by atoms with E-state index in [2.05, 4.69) is 18.3 Å². The minimum Gasteiger partial charge on any atom is -0.508 e. The molecule has 0 spiro atoms. The molecule has 2 aliphatic rings. The molecule has 2 aliphatic carbocycles. The van der Waals surface area contributed by atoms with Crippen molar-refractivity contribution in [1.82, 2.24) is 5.32 Å². The maximum Gasteiger partial charge on any atom is 0.115 e. The van der Waals surface area contributed by atoms with Gasteiger partial charge in [0.05, 0.1) is 0 Å². The first-order valence-corrected chi connectivity index (χ1v) is 7.77. The highest BCUT2D eigenvalue weighted by atomic mass is 16.3. The van der Waals surface area contributed by atoms with Crippen molar-refractivity contribution in [1.29, 1.82) is 0 Å². The summed E-state index contributed by atoms with van der Waals surface area (Å²) in [4.78, 5) is 0. The molecule has 1 aromatic rings. The standard InChI is InChI=1S/C17H25NO/c1-12-5-6-13(9-12)11-18-17-4-2-3-14-10-15(19)7-8-16(14)17/h7-8,10,12-13,17-19H,2-6,9,11H2,1H3. The summed E-state index contributed by atoms with van der Waals surface area (Å²) < 4.78 is 0. The summed E-state index contributed by atoms with van der Waals surface area (Å²) in [6.45, 7) is 3.54. The van der Waals surface area contributed by atoms with Crippen molar-refractivity contribution in [3.63, 3.8) is 0 Å². The molecule has 3 rings (SSSR count). The van der Waals surface area contributed by atoms with Gasteiger partial charge in [0, 0.05) is 6.04 Å². The average Bonchev–Trinajstić information content (AvgIpc) is 2.81. The summed E-state index contributed by atoms with van der Waals surface area (Å²) in [7, 11) is 0. The lowest BCUT2D eigenvalue weighted by molar-refractivity contribution is 0.396. The molecule has 0 aliphatic heterocycles.